The monoisotopic (exact) mass is 645 g/mol. The number of nitrogens with zero attached hydrogens (tertiary/aromatic N) is 4. The normalized spacial score (nSPS) is 13.0. The molecule has 10 aromatic rings. The van der Waals surface area contributed by atoms with Gasteiger partial charge in [-0.1, -0.05) is 127 Å². The van der Waals surface area contributed by atoms with Gasteiger partial charge in [-0.15, -0.1) is 0 Å². The van der Waals surface area contributed by atoms with Crippen molar-refractivity contribution in [2.24, 2.45) is 0 Å². The van der Waals surface area contributed by atoms with Gasteiger partial charge < -0.3 is 8.98 Å². The van der Waals surface area contributed by atoms with Gasteiger partial charge in [0.05, 0.1) is 23.5 Å². The molecule has 3 heterocycles. The zero-order valence-electron chi connectivity index (χ0n) is 31.5. The summed E-state index contributed by atoms with van der Waals surface area (Å²) in [5.41, 5.74) is 7.88. The van der Waals surface area contributed by atoms with Gasteiger partial charge in [0.15, 0.2) is 17.5 Å². The number of furan rings is 1. The summed E-state index contributed by atoms with van der Waals surface area (Å²) < 4.78 is 50.9. The molecular weight excluding hydrogens is 613 g/mol. The maximum Gasteiger partial charge on any atom is 0.167 e. The molecule has 0 aliphatic carbocycles. The van der Waals surface area contributed by atoms with Crippen LogP contribution in [0.1, 0.15) is 6.85 Å². The van der Waals surface area contributed by atoms with E-state index in [0.717, 1.165) is 49.4 Å². The summed E-state index contributed by atoms with van der Waals surface area (Å²) in [6.45, 7) is 0. The first-order valence-electron chi connectivity index (χ1n) is 18.8. The Hall–Kier alpha value is -6.85. The van der Waals surface area contributed by atoms with Gasteiger partial charge in [0.25, 0.3) is 0 Å². The Bertz CT molecular complexity index is 3130. The molecule has 0 aliphatic rings. The number of rotatable bonds is 5. The molecular formula is C45H28N4O. The van der Waals surface area contributed by atoms with Gasteiger partial charge in [-0.05, 0) is 53.6 Å². The van der Waals surface area contributed by atoms with Crippen molar-refractivity contribution in [3.8, 4) is 51.0 Å². The van der Waals surface area contributed by atoms with Crippen LogP contribution in [0.4, 0.5) is 0 Å². The van der Waals surface area contributed by atoms with Gasteiger partial charge in [0, 0.05) is 38.4 Å². The summed E-state index contributed by atoms with van der Waals surface area (Å²) >= 11 is 0. The van der Waals surface area contributed by atoms with Crippen LogP contribution in [0.25, 0.3) is 94.7 Å². The highest BCUT2D eigenvalue weighted by molar-refractivity contribution is 6.12. The van der Waals surface area contributed by atoms with Gasteiger partial charge in [0.1, 0.15) is 11.2 Å². The highest BCUT2D eigenvalue weighted by Gasteiger charge is 2.19. The quantitative estimate of drug-likeness (QED) is 0.187. The van der Waals surface area contributed by atoms with Crippen molar-refractivity contribution in [3.05, 3.63) is 170 Å². The lowest BCUT2D eigenvalue weighted by Crippen LogP contribution is -2.00. The Morgan fingerprint density at radius 3 is 1.96 bits per heavy atom. The van der Waals surface area contributed by atoms with Crippen molar-refractivity contribution in [1.29, 1.82) is 0 Å². The van der Waals surface area contributed by atoms with E-state index in [2.05, 4.69) is 88.4 Å². The van der Waals surface area contributed by atoms with E-state index in [4.69, 9.17) is 21.2 Å². The molecule has 0 saturated heterocycles. The average Bonchev–Trinajstić information content (AvgIpc) is 3.78. The van der Waals surface area contributed by atoms with Crippen LogP contribution in [-0.2, 0) is 0 Å². The molecule has 0 N–H and O–H groups in total. The summed E-state index contributed by atoms with van der Waals surface area (Å²) in [5.74, 6) is 0.514. The summed E-state index contributed by atoms with van der Waals surface area (Å²) in [4.78, 5) is 14.3. The third-order valence-corrected chi connectivity index (χ3v) is 9.15. The highest BCUT2D eigenvalue weighted by Crippen LogP contribution is 2.39. The lowest BCUT2D eigenvalue weighted by Gasteiger charge is -2.09. The van der Waals surface area contributed by atoms with Crippen molar-refractivity contribution in [1.82, 2.24) is 19.5 Å². The molecule has 7 aromatic carbocycles. The zero-order valence-corrected chi connectivity index (χ0v) is 26.5. The van der Waals surface area contributed by atoms with E-state index in [1.165, 1.54) is 0 Å². The Labute approximate surface area is 294 Å². The standard InChI is InChI=1S/C45H28N4O/c1-4-13-29(14-5-1)32-23-25-40-37(27-32)34-19-10-11-22-39(34)49(40)33-24-26-41-38(28-33)35-20-12-21-36(42(35)50-41)45-47-43(30-15-6-2-7-16-30)46-44(48-45)31-17-8-3-9-18-31/h1-28H/i2D,6D,7D,15D,16D. The Kier molecular flexibility index (Phi) is 5.35. The summed E-state index contributed by atoms with van der Waals surface area (Å²) in [6.07, 6.45) is 0. The molecule has 5 heteroatoms. The van der Waals surface area contributed by atoms with Crippen LogP contribution < -0.4 is 0 Å². The lowest BCUT2D eigenvalue weighted by molar-refractivity contribution is 0.669. The van der Waals surface area contributed by atoms with E-state index in [0.29, 0.717) is 28.1 Å². The van der Waals surface area contributed by atoms with Gasteiger partial charge in [-0.2, -0.15) is 0 Å². The molecule has 0 aliphatic heterocycles. The molecule has 10 rings (SSSR count). The van der Waals surface area contributed by atoms with Crippen molar-refractivity contribution in [2.75, 3.05) is 0 Å². The Morgan fingerprint density at radius 1 is 0.460 bits per heavy atom. The topological polar surface area (TPSA) is 56.7 Å². The number of para-hydroxylation sites is 2. The summed E-state index contributed by atoms with van der Waals surface area (Å²) in [5, 5.41) is 4.08. The maximum atomic E-state index is 8.66. The molecule has 234 valence electrons. The first-order valence-corrected chi connectivity index (χ1v) is 16.3. The molecule has 0 amide bonds. The predicted octanol–water partition coefficient (Wildman–Crippen LogP) is 11.5. The molecule has 0 bridgehead atoms. The SMILES string of the molecule is [2H]c1c([2H])c([2H])c(-c2nc(-c3ccccc3)nc(-c3cccc4c3oc3ccc(-n5c6ccccc6c6cc(-c7ccccc7)ccc65)cc34)n2)c([2H])c1[2H]. The molecule has 3 aromatic heterocycles. The number of benzene rings is 7. The van der Waals surface area contributed by atoms with E-state index >= 15 is 0 Å². The third-order valence-electron chi connectivity index (χ3n) is 9.15. The second-order valence-corrected chi connectivity index (χ2v) is 12.1. The number of hydrogen-bond acceptors (Lipinski definition) is 4. The Morgan fingerprint density at radius 2 is 1.14 bits per heavy atom. The first-order chi connectivity index (χ1) is 26.9. The smallest absolute Gasteiger partial charge is 0.167 e. The second-order valence-electron chi connectivity index (χ2n) is 12.1. The van der Waals surface area contributed by atoms with Gasteiger partial charge in [-0.25, -0.2) is 15.0 Å². The minimum atomic E-state index is -0.486. The largest absolute Gasteiger partial charge is 0.455 e. The maximum absolute atomic E-state index is 8.66. The van der Waals surface area contributed by atoms with Crippen LogP contribution in [0.2, 0.25) is 0 Å². The summed E-state index contributed by atoms with van der Waals surface area (Å²) in [6, 6.07) is 44.5. The zero-order chi connectivity index (χ0) is 37.4. The molecule has 0 spiro atoms. The molecule has 5 nitrogen and oxygen atoms in total. The molecule has 0 fully saturated rings. The molecule has 0 radical (unpaired) electrons. The number of hydrogen-bond donors (Lipinski definition) is 0. The highest BCUT2D eigenvalue weighted by atomic mass is 16.3. The van der Waals surface area contributed by atoms with Crippen molar-refractivity contribution in [3.63, 3.8) is 0 Å². The van der Waals surface area contributed by atoms with Crippen molar-refractivity contribution >= 4 is 43.7 Å². The lowest BCUT2D eigenvalue weighted by atomic mass is 10.0. The number of fused-ring (bicyclic) bond motifs is 6. The van der Waals surface area contributed by atoms with Crippen LogP contribution in [0, 0.1) is 0 Å². The average molecular weight is 646 g/mol. The van der Waals surface area contributed by atoms with Gasteiger partial charge >= 0.3 is 0 Å². The molecule has 0 saturated carbocycles. The molecule has 50 heavy (non-hydrogen) atoms. The van der Waals surface area contributed by atoms with E-state index < -0.39 is 30.2 Å². The fourth-order valence-electron chi connectivity index (χ4n) is 6.85. The van der Waals surface area contributed by atoms with Crippen molar-refractivity contribution in [2.45, 2.75) is 0 Å². The second kappa shape index (κ2) is 11.4. The summed E-state index contributed by atoms with van der Waals surface area (Å²) in [7, 11) is 0. The molecule has 0 atom stereocenters. The Balaban J connectivity index is 1.17. The van der Waals surface area contributed by atoms with E-state index in [1.54, 1.807) is 0 Å². The van der Waals surface area contributed by atoms with E-state index in [-0.39, 0.29) is 17.2 Å². The third kappa shape index (κ3) is 4.60. The van der Waals surface area contributed by atoms with Crippen LogP contribution in [0.3, 0.4) is 0 Å². The predicted molar refractivity (Wildman–Crippen MR) is 203 cm³/mol. The molecule has 0 unspecified atom stereocenters. The fraction of sp³-hybridized carbons (Fsp3) is 0. The van der Waals surface area contributed by atoms with Crippen LogP contribution in [0.5, 0.6) is 0 Å². The van der Waals surface area contributed by atoms with Crippen LogP contribution in [0.15, 0.2) is 174 Å². The van der Waals surface area contributed by atoms with E-state index in [9.17, 15) is 0 Å². The van der Waals surface area contributed by atoms with Gasteiger partial charge in [-0.3, -0.25) is 0 Å². The van der Waals surface area contributed by atoms with Gasteiger partial charge in [0.2, 0.25) is 0 Å². The van der Waals surface area contributed by atoms with Crippen molar-refractivity contribution < 1.29 is 11.3 Å². The van der Waals surface area contributed by atoms with Crippen LogP contribution >= 0.6 is 0 Å². The first kappa shape index (κ1) is 23.5. The van der Waals surface area contributed by atoms with Crippen LogP contribution in [-0.4, -0.2) is 19.5 Å². The minimum Gasteiger partial charge on any atom is -0.455 e. The minimum absolute atomic E-state index is 0.0296. The fourth-order valence-corrected chi connectivity index (χ4v) is 6.85. The number of aromatic nitrogens is 4. The van der Waals surface area contributed by atoms with E-state index in [1.807, 2.05) is 60.7 Å².